The molecular weight excluding hydrogens is 876 g/mol. The zero-order chi connectivity index (χ0) is 45.3. The molecule has 4 aromatic heterocycles. The molecule has 5 heterocycles. The third kappa shape index (κ3) is 9.95. The van der Waals surface area contributed by atoms with Crippen LogP contribution in [0.15, 0.2) is 71.5 Å². The Hall–Kier alpha value is -5.24. The van der Waals surface area contributed by atoms with Gasteiger partial charge in [0.25, 0.3) is 12.1 Å². The van der Waals surface area contributed by atoms with Crippen LogP contribution in [0, 0.1) is 12.9 Å². The first-order valence-corrected chi connectivity index (χ1v) is 21.0. The van der Waals surface area contributed by atoms with Crippen LogP contribution in [0.1, 0.15) is 23.7 Å². The maximum absolute atomic E-state index is 17.2. The Morgan fingerprint density at radius 1 is 1.00 bits per heavy atom. The van der Waals surface area contributed by atoms with Crippen LogP contribution in [-0.2, 0) is 27.4 Å². The van der Waals surface area contributed by atoms with Gasteiger partial charge in [-0.05, 0) is 62.4 Å². The Labute approximate surface area is 368 Å². The largest absolute Gasteiger partial charge is 0.499 e. The molecule has 1 aliphatic heterocycles. The Balaban J connectivity index is 1.28. The van der Waals surface area contributed by atoms with E-state index in [1.807, 2.05) is 0 Å². The lowest BCUT2D eigenvalue weighted by molar-refractivity contribution is -0.174. The van der Waals surface area contributed by atoms with Gasteiger partial charge in [-0.15, -0.1) is 11.3 Å². The highest BCUT2D eigenvalue weighted by molar-refractivity contribution is 7.22. The summed E-state index contributed by atoms with van der Waals surface area (Å²) in [6, 6.07) is 11.2. The molecule has 12 nitrogen and oxygen atoms in total. The number of thiophene rings is 1. The van der Waals surface area contributed by atoms with E-state index in [2.05, 4.69) is 31.9 Å². The van der Waals surface area contributed by atoms with Gasteiger partial charge >= 0.3 is 18.1 Å². The molecular formula is C41H41B2ClF6N6O6S. The van der Waals surface area contributed by atoms with E-state index in [0.717, 1.165) is 62.2 Å². The zero-order valence-corrected chi connectivity index (χ0v) is 36.3. The number of fused-ring (bicyclic) bond motifs is 1. The number of ether oxygens (including phenoxy) is 4. The van der Waals surface area contributed by atoms with Crippen LogP contribution in [0.5, 0.6) is 17.4 Å². The minimum atomic E-state index is -4.64. The lowest BCUT2D eigenvalue weighted by Gasteiger charge is -2.32. The number of esters is 1. The number of alkyl halides is 5. The number of rotatable bonds is 16. The van der Waals surface area contributed by atoms with Crippen LogP contribution in [-0.4, -0.2) is 116 Å². The van der Waals surface area contributed by atoms with Gasteiger partial charge in [0.2, 0.25) is 5.88 Å². The molecule has 0 amide bonds. The van der Waals surface area contributed by atoms with Gasteiger partial charge in [-0.3, -0.25) is 9.58 Å². The standard InChI is InChI=1S/C41H41B2ClF6N6O6S/c1-4-58-38(57)35(40(49,50)25-7-5-6-8-26(25)62-41(42,43)29-13-14-53-56(29)21-39(46,47)48)61-36-32-31(34(28-11-12-30(45)60-28)63-37(32)52-22-51-36)24-9-10-27(33(44)23(24)2)59-20-19-55-17-15-54(3)16-18-55/h5-14,22,35H,4,15-21,42-43H2,1-3H3/t35-/m1/s1. The fourth-order valence-electron chi connectivity index (χ4n) is 7.30. The molecule has 63 heavy (non-hydrogen) atoms. The first kappa shape index (κ1) is 45.8. The number of hydrogen-bond donors (Lipinski definition) is 0. The van der Waals surface area contributed by atoms with Crippen LogP contribution < -0.4 is 14.2 Å². The maximum atomic E-state index is 17.2. The molecule has 6 aromatic rings. The number of likely N-dealkylation sites (N-methyl/N-ethyl adjacent to an activating group) is 1. The van der Waals surface area contributed by atoms with Crippen LogP contribution in [0.4, 0.5) is 26.3 Å². The van der Waals surface area contributed by atoms with Gasteiger partial charge in [-0.2, -0.15) is 31.4 Å². The van der Waals surface area contributed by atoms with Crippen molar-refractivity contribution in [3.8, 4) is 39.1 Å². The fourth-order valence-corrected chi connectivity index (χ4v) is 8.63. The van der Waals surface area contributed by atoms with E-state index < -0.39 is 59.3 Å². The van der Waals surface area contributed by atoms with E-state index in [9.17, 15) is 22.4 Å². The van der Waals surface area contributed by atoms with E-state index in [1.54, 1.807) is 19.1 Å². The van der Waals surface area contributed by atoms with Crippen molar-refractivity contribution >= 4 is 54.8 Å². The molecule has 7 rings (SSSR count). The van der Waals surface area contributed by atoms with Crippen molar-refractivity contribution in [3.63, 3.8) is 0 Å². The van der Waals surface area contributed by atoms with E-state index >= 15 is 8.78 Å². The predicted molar refractivity (Wildman–Crippen MR) is 229 cm³/mol. The highest BCUT2D eigenvalue weighted by Crippen LogP contribution is 2.51. The molecule has 0 spiro atoms. The highest BCUT2D eigenvalue weighted by atomic mass is 35.5. The number of aromatic nitrogens is 4. The first-order valence-electron chi connectivity index (χ1n) is 19.8. The van der Waals surface area contributed by atoms with Crippen molar-refractivity contribution in [2.45, 2.75) is 44.0 Å². The topological polar surface area (TPSA) is 117 Å². The normalized spacial score (nSPS) is 14.8. The molecule has 1 fully saturated rings. The predicted octanol–water partition coefficient (Wildman–Crippen LogP) is 6.66. The van der Waals surface area contributed by atoms with E-state index in [4.69, 9.17) is 35.0 Å². The molecule has 1 saturated heterocycles. The lowest BCUT2D eigenvalue weighted by atomic mass is 9.63. The SMILES string of the molecule is BC(B)(Oc1ccccc1C(F)(F)[C@H](Oc1ncnc2sc(-c3ccc(F)o3)c(-c3ccc(OCCN4CCN(C)CC4)c(Cl)c3C)c12)C(=O)OCC)c1ccnn1CC(F)(F)F. The summed E-state index contributed by atoms with van der Waals surface area (Å²) in [5.41, 5.74) is 0.349. The Morgan fingerprint density at radius 2 is 1.75 bits per heavy atom. The van der Waals surface area contributed by atoms with Crippen molar-refractivity contribution in [1.29, 1.82) is 0 Å². The summed E-state index contributed by atoms with van der Waals surface area (Å²) in [5, 5.41) is 2.44. The number of piperazine rings is 1. The van der Waals surface area contributed by atoms with Crippen molar-refractivity contribution in [2.75, 3.05) is 53.0 Å². The molecule has 0 unspecified atom stereocenters. The molecule has 332 valence electrons. The summed E-state index contributed by atoms with van der Waals surface area (Å²) < 4.78 is 119. The van der Waals surface area contributed by atoms with E-state index in [-0.39, 0.29) is 38.9 Å². The van der Waals surface area contributed by atoms with Crippen molar-refractivity contribution < 1.29 is 54.5 Å². The minimum Gasteiger partial charge on any atom is -0.499 e. The molecule has 1 aliphatic rings. The van der Waals surface area contributed by atoms with Crippen molar-refractivity contribution in [2.24, 2.45) is 0 Å². The number of benzene rings is 2. The van der Waals surface area contributed by atoms with Gasteiger partial charge in [-0.1, -0.05) is 29.8 Å². The smallest absolute Gasteiger partial charge is 0.408 e. The molecule has 0 aliphatic carbocycles. The van der Waals surface area contributed by atoms with Gasteiger partial charge < -0.3 is 28.3 Å². The van der Waals surface area contributed by atoms with Crippen LogP contribution in [0.2, 0.25) is 5.02 Å². The summed E-state index contributed by atoms with van der Waals surface area (Å²) in [6.07, 6.45) is -5.15. The Kier molecular flexibility index (Phi) is 13.4. The molecule has 2 aromatic carbocycles. The van der Waals surface area contributed by atoms with Gasteiger partial charge in [0.15, 0.2) is 15.7 Å². The second kappa shape index (κ2) is 18.5. The molecule has 0 N–H and O–H groups in total. The van der Waals surface area contributed by atoms with Crippen LogP contribution in [0.25, 0.3) is 32.0 Å². The average molecular weight is 917 g/mol. The average Bonchev–Trinajstić information content (AvgIpc) is 3.98. The first-order chi connectivity index (χ1) is 29.9. The van der Waals surface area contributed by atoms with Gasteiger partial charge in [0.1, 0.15) is 41.6 Å². The van der Waals surface area contributed by atoms with Crippen LogP contribution in [0.3, 0.4) is 0 Å². The molecule has 1 atom stereocenters. The molecule has 22 heteroatoms. The zero-order valence-electron chi connectivity index (χ0n) is 34.8. The fraction of sp³-hybridized carbons (Fsp3) is 0.366. The number of furan rings is 1. The number of nitrogens with zero attached hydrogens (tertiary/aromatic N) is 6. The summed E-state index contributed by atoms with van der Waals surface area (Å²) in [5.74, 6) is -6.15. The number of carbonyl (C=O) groups excluding carboxylic acids is 1. The van der Waals surface area contributed by atoms with Crippen LogP contribution >= 0.6 is 22.9 Å². The second-order valence-corrected chi connectivity index (χ2v) is 16.7. The summed E-state index contributed by atoms with van der Waals surface area (Å²) >= 11 is 7.99. The minimum absolute atomic E-state index is 0.0580. The summed E-state index contributed by atoms with van der Waals surface area (Å²) in [6.45, 7) is 6.16. The monoisotopic (exact) mass is 916 g/mol. The van der Waals surface area contributed by atoms with Crippen molar-refractivity contribution in [3.05, 3.63) is 95.0 Å². The third-order valence-corrected chi connectivity index (χ3v) is 12.0. The molecule has 0 bridgehead atoms. The molecule has 0 saturated carbocycles. The highest BCUT2D eigenvalue weighted by Gasteiger charge is 2.52. The molecule has 0 radical (unpaired) electrons. The maximum Gasteiger partial charge on any atom is 0.408 e. The third-order valence-electron chi connectivity index (χ3n) is 10.5. The summed E-state index contributed by atoms with van der Waals surface area (Å²) in [7, 11) is 4.86. The van der Waals surface area contributed by atoms with Crippen molar-refractivity contribution in [1.82, 2.24) is 29.5 Å². The number of para-hydroxylation sites is 1. The van der Waals surface area contributed by atoms with E-state index in [1.165, 1.54) is 52.9 Å². The number of halogens is 7. The number of hydrogen-bond acceptors (Lipinski definition) is 12. The quantitative estimate of drug-likeness (QED) is 0.0590. The van der Waals surface area contributed by atoms with Gasteiger partial charge in [0.05, 0.1) is 38.6 Å². The lowest BCUT2D eigenvalue weighted by Crippen LogP contribution is -2.45. The Morgan fingerprint density at radius 3 is 2.44 bits per heavy atom. The Bertz CT molecular complexity index is 2580. The van der Waals surface area contributed by atoms with Gasteiger partial charge in [-0.25, -0.2) is 14.8 Å². The number of carbonyl (C=O) groups is 1. The van der Waals surface area contributed by atoms with E-state index in [0.29, 0.717) is 39.6 Å². The van der Waals surface area contributed by atoms with Gasteiger partial charge in [0, 0.05) is 50.6 Å². The summed E-state index contributed by atoms with van der Waals surface area (Å²) in [4.78, 5) is 27.4. The second-order valence-electron chi connectivity index (χ2n) is 15.3.